The minimum atomic E-state index is -0.173. The van der Waals surface area contributed by atoms with Gasteiger partial charge in [0.1, 0.15) is 21.4 Å². The maximum Gasteiger partial charge on any atom is 0.263 e. The molecule has 0 radical (unpaired) electrons. The molecule has 8 heteroatoms. The van der Waals surface area contributed by atoms with Crippen LogP contribution < -0.4 is 14.8 Å². The van der Waals surface area contributed by atoms with Gasteiger partial charge in [0.05, 0.1) is 30.4 Å². The molecule has 0 fully saturated rings. The Morgan fingerprint density at radius 2 is 1.79 bits per heavy atom. The van der Waals surface area contributed by atoms with Gasteiger partial charge in [-0.25, -0.2) is 4.98 Å². The normalized spacial score (nSPS) is 10.6. The molecule has 1 N–H and O–H groups in total. The number of nitrogens with one attached hydrogen (secondary N) is 1. The number of amides is 1. The Morgan fingerprint density at radius 3 is 2.45 bits per heavy atom. The molecule has 33 heavy (non-hydrogen) atoms. The summed E-state index contributed by atoms with van der Waals surface area (Å²) in [5.41, 5.74) is 3.78. The van der Waals surface area contributed by atoms with Crippen molar-refractivity contribution in [1.82, 2.24) is 10.3 Å². The Labute approximate surface area is 199 Å². The zero-order valence-corrected chi connectivity index (χ0v) is 20.0. The first kappa shape index (κ1) is 22.7. The molecule has 6 nitrogen and oxygen atoms in total. The molecule has 1 amide bonds. The topological polar surface area (TPSA) is 77.5 Å². The summed E-state index contributed by atoms with van der Waals surface area (Å²) in [7, 11) is 3.13. The third-order valence-electron chi connectivity index (χ3n) is 5.14. The number of carbonyl (C=O) groups excluding carboxylic acids is 2. The van der Waals surface area contributed by atoms with E-state index in [2.05, 4.69) is 10.3 Å². The number of aryl methyl sites for hydroxylation is 1. The number of aromatic nitrogens is 1. The predicted octanol–water partition coefficient (Wildman–Crippen LogP) is 5.61. The molecule has 0 saturated carbocycles. The lowest BCUT2D eigenvalue weighted by molar-refractivity contribution is 0.0953. The van der Waals surface area contributed by atoms with E-state index < -0.39 is 0 Å². The van der Waals surface area contributed by atoms with Crippen LogP contribution >= 0.6 is 22.7 Å². The highest BCUT2D eigenvalue weighted by Gasteiger charge is 2.17. The summed E-state index contributed by atoms with van der Waals surface area (Å²) in [5, 5.41) is 5.82. The van der Waals surface area contributed by atoms with E-state index >= 15 is 0 Å². The lowest BCUT2D eigenvalue weighted by atomic mass is 10.00. The zero-order chi connectivity index (χ0) is 23.4. The average molecular weight is 479 g/mol. The first-order chi connectivity index (χ1) is 16.0. The van der Waals surface area contributed by atoms with E-state index in [1.165, 1.54) is 18.4 Å². The van der Waals surface area contributed by atoms with Crippen LogP contribution in [0.1, 0.15) is 31.3 Å². The van der Waals surface area contributed by atoms with E-state index in [4.69, 9.17) is 9.47 Å². The monoisotopic (exact) mass is 478 g/mol. The van der Waals surface area contributed by atoms with Crippen molar-refractivity contribution < 1.29 is 19.1 Å². The Bertz CT molecular complexity index is 1300. The van der Waals surface area contributed by atoms with Crippen molar-refractivity contribution in [3.05, 3.63) is 75.6 Å². The number of aldehydes is 1. The van der Waals surface area contributed by atoms with Gasteiger partial charge < -0.3 is 14.8 Å². The molecule has 4 rings (SSSR count). The van der Waals surface area contributed by atoms with Crippen LogP contribution in [0.3, 0.4) is 0 Å². The number of benzene rings is 2. The quantitative estimate of drug-likeness (QED) is 0.333. The third kappa shape index (κ3) is 4.81. The highest BCUT2D eigenvalue weighted by molar-refractivity contribution is 7.22. The number of thiophene rings is 1. The summed E-state index contributed by atoms with van der Waals surface area (Å²) < 4.78 is 10.7. The number of rotatable bonds is 8. The van der Waals surface area contributed by atoms with Crippen LogP contribution in [0.4, 0.5) is 0 Å². The highest BCUT2D eigenvalue weighted by Crippen LogP contribution is 2.32. The summed E-state index contributed by atoms with van der Waals surface area (Å²) in [6.45, 7) is 2.14. The fourth-order valence-corrected chi connectivity index (χ4v) is 5.25. The van der Waals surface area contributed by atoms with Gasteiger partial charge in [0.25, 0.3) is 5.91 Å². The largest absolute Gasteiger partial charge is 0.496 e. The second-order valence-electron chi connectivity index (χ2n) is 7.19. The Balaban J connectivity index is 1.56. The number of methoxy groups -OCH3 is 2. The first-order valence-corrected chi connectivity index (χ1v) is 11.8. The molecule has 0 atom stereocenters. The molecule has 0 aliphatic rings. The van der Waals surface area contributed by atoms with Crippen LogP contribution in [0, 0.1) is 6.92 Å². The zero-order valence-electron chi connectivity index (χ0n) is 18.4. The minimum absolute atomic E-state index is 0.173. The van der Waals surface area contributed by atoms with E-state index in [9.17, 15) is 9.59 Å². The van der Waals surface area contributed by atoms with Gasteiger partial charge in [-0.05, 0) is 53.8 Å². The van der Waals surface area contributed by atoms with Crippen LogP contribution in [-0.4, -0.2) is 31.4 Å². The Morgan fingerprint density at radius 1 is 1.06 bits per heavy atom. The SMILES string of the molecule is COc1ccc(-c2ccc(OC)c(CNC(=O)c3sc(-c4cccs4)nc3C)c2)cc1C=O. The van der Waals surface area contributed by atoms with E-state index in [1.54, 1.807) is 30.6 Å². The number of hydrogen-bond donors (Lipinski definition) is 1. The molecule has 2 aromatic heterocycles. The number of hydrogen-bond acceptors (Lipinski definition) is 7. The molecule has 0 spiro atoms. The molecule has 0 aliphatic heterocycles. The second kappa shape index (κ2) is 9.97. The van der Waals surface area contributed by atoms with E-state index in [0.717, 1.165) is 32.9 Å². The van der Waals surface area contributed by atoms with Crippen molar-refractivity contribution in [2.45, 2.75) is 13.5 Å². The Hall–Kier alpha value is -3.49. The lowest BCUT2D eigenvalue weighted by Gasteiger charge is -2.13. The molecule has 0 saturated heterocycles. The van der Waals surface area contributed by atoms with E-state index in [-0.39, 0.29) is 12.5 Å². The van der Waals surface area contributed by atoms with Crippen LogP contribution in [0.2, 0.25) is 0 Å². The van der Waals surface area contributed by atoms with Crippen molar-refractivity contribution in [1.29, 1.82) is 0 Å². The van der Waals surface area contributed by atoms with Crippen molar-refractivity contribution in [3.63, 3.8) is 0 Å². The second-order valence-corrected chi connectivity index (χ2v) is 9.14. The van der Waals surface area contributed by atoms with E-state index in [1.807, 2.05) is 48.7 Å². The first-order valence-electron chi connectivity index (χ1n) is 10.1. The van der Waals surface area contributed by atoms with Crippen LogP contribution in [0.25, 0.3) is 21.0 Å². The molecule has 168 valence electrons. The molecule has 0 aliphatic carbocycles. The Kier molecular flexibility index (Phi) is 6.86. The summed E-state index contributed by atoms with van der Waals surface area (Å²) >= 11 is 2.99. The van der Waals surface area contributed by atoms with Crippen LogP contribution in [0.15, 0.2) is 53.9 Å². The van der Waals surface area contributed by atoms with Crippen molar-refractivity contribution >= 4 is 34.9 Å². The smallest absolute Gasteiger partial charge is 0.263 e. The van der Waals surface area contributed by atoms with Crippen molar-refractivity contribution in [2.24, 2.45) is 0 Å². The van der Waals surface area contributed by atoms with Gasteiger partial charge in [0, 0.05) is 12.1 Å². The van der Waals surface area contributed by atoms with Gasteiger partial charge >= 0.3 is 0 Å². The number of carbonyl (C=O) groups is 2. The van der Waals surface area contributed by atoms with Gasteiger partial charge in [0.2, 0.25) is 0 Å². The molecule has 0 bridgehead atoms. The van der Waals surface area contributed by atoms with Crippen LogP contribution in [0.5, 0.6) is 11.5 Å². The average Bonchev–Trinajstić information content (AvgIpc) is 3.51. The van der Waals surface area contributed by atoms with Gasteiger partial charge in [-0.1, -0.05) is 18.2 Å². The predicted molar refractivity (Wildman–Crippen MR) is 132 cm³/mol. The minimum Gasteiger partial charge on any atom is -0.496 e. The molecule has 2 heterocycles. The van der Waals surface area contributed by atoms with Gasteiger partial charge in [-0.2, -0.15) is 0 Å². The molecular weight excluding hydrogens is 456 g/mol. The lowest BCUT2D eigenvalue weighted by Crippen LogP contribution is -2.22. The summed E-state index contributed by atoms with van der Waals surface area (Å²) in [5.74, 6) is 1.02. The molecular formula is C25H22N2O4S2. The highest BCUT2D eigenvalue weighted by atomic mass is 32.1. The number of ether oxygens (including phenoxy) is 2. The fourth-order valence-electron chi connectivity index (χ4n) is 3.47. The molecule has 4 aromatic rings. The maximum absolute atomic E-state index is 12.9. The standard InChI is InChI=1S/C25H22N2O4S2/c1-15-23(33-25(27-15)22-5-4-10-32-22)24(29)26-13-18-11-16(6-8-20(18)30-2)17-7-9-21(31-3)19(12-17)14-28/h4-12,14H,13H2,1-3H3,(H,26,29). The van der Waals surface area contributed by atoms with Gasteiger partial charge in [0.15, 0.2) is 6.29 Å². The van der Waals surface area contributed by atoms with Gasteiger partial charge in [-0.15, -0.1) is 22.7 Å². The molecule has 2 aromatic carbocycles. The van der Waals surface area contributed by atoms with Crippen molar-refractivity contribution in [2.75, 3.05) is 14.2 Å². The number of nitrogens with zero attached hydrogens (tertiary/aromatic N) is 1. The molecule has 0 unspecified atom stereocenters. The summed E-state index contributed by atoms with van der Waals surface area (Å²) in [6, 6.07) is 15.1. The summed E-state index contributed by atoms with van der Waals surface area (Å²) in [4.78, 5) is 30.5. The number of thiazole rings is 1. The van der Waals surface area contributed by atoms with E-state index in [0.29, 0.717) is 27.6 Å². The van der Waals surface area contributed by atoms with Gasteiger partial charge in [-0.3, -0.25) is 9.59 Å². The maximum atomic E-state index is 12.9. The van der Waals surface area contributed by atoms with Crippen LogP contribution in [-0.2, 0) is 6.54 Å². The van der Waals surface area contributed by atoms with Crippen molar-refractivity contribution in [3.8, 4) is 32.5 Å². The summed E-state index contributed by atoms with van der Waals surface area (Å²) in [6.07, 6.45) is 0.773. The third-order valence-corrected chi connectivity index (χ3v) is 7.34. The fraction of sp³-hybridized carbons (Fsp3) is 0.160.